The molecule has 9 heteroatoms. The summed E-state index contributed by atoms with van der Waals surface area (Å²) in [5, 5.41) is 20.4. The van der Waals surface area contributed by atoms with E-state index < -0.39 is 35.0 Å². The maximum absolute atomic E-state index is 12.5. The number of aliphatic hydroxyl groups excluding tert-OH is 1. The van der Waals surface area contributed by atoms with Crippen LogP contribution in [-0.2, 0) is 25.7 Å². The average molecular weight is 418 g/mol. The van der Waals surface area contributed by atoms with E-state index in [0.717, 1.165) is 6.07 Å². The Hall–Kier alpha value is -2.00. The second kappa shape index (κ2) is 8.39. The molecular weight excluding hydrogens is 398 g/mol. The van der Waals surface area contributed by atoms with Crippen molar-refractivity contribution in [1.29, 1.82) is 0 Å². The van der Waals surface area contributed by atoms with Crippen molar-refractivity contribution in [3.8, 4) is 0 Å². The molecule has 0 saturated carbocycles. The molecule has 0 aliphatic heterocycles. The van der Waals surface area contributed by atoms with Crippen LogP contribution >= 0.6 is 15.9 Å². The number of nitrogens with zero attached hydrogens (tertiary/aromatic N) is 1. The first-order valence-electron chi connectivity index (χ1n) is 7.48. The highest BCUT2D eigenvalue weighted by Crippen LogP contribution is 2.34. The second-order valence-corrected chi connectivity index (χ2v) is 6.99. The highest BCUT2D eigenvalue weighted by atomic mass is 79.9. The number of nitro groups is 1. The summed E-state index contributed by atoms with van der Waals surface area (Å²) in [6.45, 7) is 5.97. The lowest BCUT2D eigenvalue weighted by Gasteiger charge is -2.24. The van der Waals surface area contributed by atoms with Gasteiger partial charge in [0.05, 0.1) is 23.7 Å². The van der Waals surface area contributed by atoms with Gasteiger partial charge in [0, 0.05) is 10.5 Å². The molecule has 1 aromatic rings. The summed E-state index contributed by atoms with van der Waals surface area (Å²) in [6.07, 6.45) is 0. The maximum atomic E-state index is 12.5. The fourth-order valence-corrected chi connectivity index (χ4v) is 2.64. The molecule has 0 amide bonds. The van der Waals surface area contributed by atoms with E-state index >= 15 is 0 Å². The molecule has 0 aromatic heterocycles. The van der Waals surface area contributed by atoms with Crippen LogP contribution in [0.5, 0.6) is 0 Å². The zero-order valence-electron chi connectivity index (χ0n) is 14.4. The van der Waals surface area contributed by atoms with Crippen molar-refractivity contribution >= 4 is 33.6 Å². The van der Waals surface area contributed by atoms with Gasteiger partial charge in [0.25, 0.3) is 5.69 Å². The van der Waals surface area contributed by atoms with E-state index in [0.29, 0.717) is 0 Å². The Bertz CT molecular complexity index is 682. The molecule has 0 spiro atoms. The van der Waals surface area contributed by atoms with Gasteiger partial charge in [-0.15, -0.1) is 0 Å². The standard InChI is InChI=1S/C16H20BrNO7/c1-5-24-14(20)13(15(21)25-16(2,3)4)10-6-9(8-19)12(18(22)23)7-11(10)17/h6-7,13,19H,5,8H2,1-4H3. The topological polar surface area (TPSA) is 116 Å². The molecule has 0 fully saturated rings. The molecule has 8 nitrogen and oxygen atoms in total. The predicted octanol–water partition coefficient (Wildman–Crippen LogP) is 2.84. The number of rotatable bonds is 6. The minimum absolute atomic E-state index is 0.0268. The number of hydrogen-bond donors (Lipinski definition) is 1. The molecule has 0 heterocycles. The Morgan fingerprint density at radius 3 is 2.36 bits per heavy atom. The number of hydrogen-bond acceptors (Lipinski definition) is 7. The molecule has 1 rings (SSSR count). The molecule has 0 radical (unpaired) electrons. The average Bonchev–Trinajstić information content (AvgIpc) is 2.47. The highest BCUT2D eigenvalue weighted by molar-refractivity contribution is 9.10. The van der Waals surface area contributed by atoms with E-state index in [1.54, 1.807) is 27.7 Å². The normalized spacial score (nSPS) is 12.4. The van der Waals surface area contributed by atoms with Gasteiger partial charge in [-0.25, -0.2) is 0 Å². The van der Waals surface area contributed by atoms with Crippen molar-refractivity contribution in [2.24, 2.45) is 0 Å². The molecule has 1 aromatic carbocycles. The van der Waals surface area contributed by atoms with E-state index in [9.17, 15) is 24.8 Å². The third-order valence-corrected chi connectivity index (χ3v) is 3.73. The van der Waals surface area contributed by atoms with Crippen molar-refractivity contribution in [1.82, 2.24) is 0 Å². The van der Waals surface area contributed by atoms with Gasteiger partial charge in [0.15, 0.2) is 5.92 Å². The second-order valence-electron chi connectivity index (χ2n) is 6.14. The lowest BCUT2D eigenvalue weighted by atomic mass is 9.96. The van der Waals surface area contributed by atoms with Crippen LogP contribution in [0.15, 0.2) is 16.6 Å². The van der Waals surface area contributed by atoms with Crippen molar-refractivity contribution in [2.45, 2.75) is 45.8 Å². The van der Waals surface area contributed by atoms with Gasteiger partial charge in [0.1, 0.15) is 5.60 Å². The molecule has 1 unspecified atom stereocenters. The van der Waals surface area contributed by atoms with E-state index in [-0.39, 0.29) is 27.9 Å². The fourth-order valence-electron chi connectivity index (χ4n) is 2.08. The quantitative estimate of drug-likeness (QED) is 0.327. The van der Waals surface area contributed by atoms with Crippen molar-refractivity contribution in [2.75, 3.05) is 6.61 Å². The molecule has 0 bridgehead atoms. The van der Waals surface area contributed by atoms with Crippen LogP contribution in [0.3, 0.4) is 0 Å². The summed E-state index contributed by atoms with van der Waals surface area (Å²) in [5.41, 5.74) is -1.07. The van der Waals surface area contributed by atoms with Gasteiger partial charge < -0.3 is 14.6 Å². The van der Waals surface area contributed by atoms with Crippen LogP contribution in [0.2, 0.25) is 0 Å². The SMILES string of the molecule is CCOC(=O)C(C(=O)OC(C)(C)C)c1cc(CO)c([N+](=O)[O-])cc1Br. The Labute approximate surface area is 153 Å². The van der Waals surface area contributed by atoms with E-state index in [2.05, 4.69) is 15.9 Å². The van der Waals surface area contributed by atoms with E-state index in [1.807, 2.05) is 0 Å². The molecule has 138 valence electrons. The first-order chi connectivity index (χ1) is 11.5. The van der Waals surface area contributed by atoms with Crippen LogP contribution in [0, 0.1) is 10.1 Å². The predicted molar refractivity (Wildman–Crippen MR) is 91.9 cm³/mol. The van der Waals surface area contributed by atoms with Crippen molar-refractivity contribution in [3.05, 3.63) is 37.8 Å². The Morgan fingerprint density at radius 1 is 1.32 bits per heavy atom. The summed E-state index contributed by atoms with van der Waals surface area (Å²) in [7, 11) is 0. The first kappa shape index (κ1) is 21.0. The lowest BCUT2D eigenvalue weighted by molar-refractivity contribution is -0.385. The van der Waals surface area contributed by atoms with E-state index in [1.165, 1.54) is 6.07 Å². The monoisotopic (exact) mass is 417 g/mol. The number of esters is 2. The maximum Gasteiger partial charge on any atom is 0.325 e. The number of ether oxygens (including phenoxy) is 2. The molecule has 1 atom stereocenters. The minimum atomic E-state index is -1.43. The first-order valence-corrected chi connectivity index (χ1v) is 8.28. The van der Waals surface area contributed by atoms with Crippen LogP contribution in [0.25, 0.3) is 0 Å². The summed E-state index contributed by atoms with van der Waals surface area (Å²) in [4.78, 5) is 35.2. The molecular formula is C16H20BrNO7. The molecule has 25 heavy (non-hydrogen) atoms. The van der Waals surface area contributed by atoms with Gasteiger partial charge in [-0.2, -0.15) is 0 Å². The van der Waals surface area contributed by atoms with Crippen LogP contribution in [-0.4, -0.2) is 34.2 Å². The number of halogens is 1. The molecule has 0 aliphatic carbocycles. The number of nitro benzene ring substituents is 1. The Morgan fingerprint density at radius 2 is 1.92 bits per heavy atom. The minimum Gasteiger partial charge on any atom is -0.465 e. The molecule has 0 aliphatic rings. The summed E-state index contributed by atoms with van der Waals surface area (Å²) >= 11 is 3.15. The summed E-state index contributed by atoms with van der Waals surface area (Å²) in [5.74, 6) is -3.11. The van der Waals surface area contributed by atoms with Gasteiger partial charge in [0.2, 0.25) is 0 Å². The number of carbonyl (C=O) groups is 2. The zero-order chi connectivity index (χ0) is 19.4. The van der Waals surface area contributed by atoms with Crippen molar-refractivity contribution in [3.63, 3.8) is 0 Å². The Kier molecular flexibility index (Phi) is 7.06. The van der Waals surface area contributed by atoms with Crippen LogP contribution < -0.4 is 0 Å². The van der Waals surface area contributed by atoms with Gasteiger partial charge in [-0.1, -0.05) is 15.9 Å². The van der Waals surface area contributed by atoms with Gasteiger partial charge in [-0.05, 0) is 39.3 Å². The third kappa shape index (κ3) is 5.50. The molecule has 1 N–H and O–H groups in total. The summed E-state index contributed by atoms with van der Waals surface area (Å²) in [6, 6.07) is 2.37. The largest absolute Gasteiger partial charge is 0.465 e. The van der Waals surface area contributed by atoms with Gasteiger partial charge in [-0.3, -0.25) is 19.7 Å². The smallest absolute Gasteiger partial charge is 0.325 e. The third-order valence-electron chi connectivity index (χ3n) is 3.04. The van der Waals surface area contributed by atoms with Crippen LogP contribution in [0.1, 0.15) is 44.7 Å². The number of benzene rings is 1. The fraction of sp³-hybridized carbons (Fsp3) is 0.500. The highest BCUT2D eigenvalue weighted by Gasteiger charge is 2.36. The number of aliphatic hydroxyl groups is 1. The lowest BCUT2D eigenvalue weighted by Crippen LogP contribution is -2.32. The zero-order valence-corrected chi connectivity index (χ0v) is 16.0. The van der Waals surface area contributed by atoms with Gasteiger partial charge >= 0.3 is 11.9 Å². The summed E-state index contributed by atoms with van der Waals surface area (Å²) < 4.78 is 10.4. The molecule has 0 saturated heterocycles. The van der Waals surface area contributed by atoms with E-state index in [4.69, 9.17) is 9.47 Å². The number of carbonyl (C=O) groups excluding carboxylic acids is 2. The Balaban J connectivity index is 3.46. The van der Waals surface area contributed by atoms with Crippen molar-refractivity contribution < 1.29 is 29.1 Å². The van der Waals surface area contributed by atoms with Crippen LogP contribution in [0.4, 0.5) is 5.69 Å².